The molecule has 0 aliphatic rings. The smallest absolute Gasteiger partial charge is 0.127 e. The minimum Gasteiger partial charge on any atom is -0.497 e. The van der Waals surface area contributed by atoms with Crippen molar-refractivity contribution in [3.05, 3.63) is 41.7 Å². The van der Waals surface area contributed by atoms with Crippen LogP contribution in [0.1, 0.15) is 17.3 Å². The van der Waals surface area contributed by atoms with E-state index in [0.29, 0.717) is 0 Å². The van der Waals surface area contributed by atoms with Gasteiger partial charge in [-0.05, 0) is 25.2 Å². The predicted octanol–water partition coefficient (Wildman–Crippen LogP) is 1.75. The summed E-state index contributed by atoms with van der Waals surface area (Å²) in [5.74, 6) is 1.56. The minimum atomic E-state index is -0.0120. The molecule has 0 radical (unpaired) electrons. The van der Waals surface area contributed by atoms with Gasteiger partial charge in [-0.15, -0.1) is 0 Å². The Morgan fingerprint density at radius 3 is 2.53 bits per heavy atom. The van der Waals surface area contributed by atoms with Crippen molar-refractivity contribution in [1.82, 2.24) is 15.1 Å². The summed E-state index contributed by atoms with van der Waals surface area (Å²) in [6, 6.07) is 7.77. The highest BCUT2D eigenvalue weighted by molar-refractivity contribution is 5.44. The average Bonchev–Trinajstić information content (AvgIpc) is 2.86. The van der Waals surface area contributed by atoms with Crippen molar-refractivity contribution < 1.29 is 9.47 Å². The molecule has 1 N–H and O–H groups in total. The van der Waals surface area contributed by atoms with E-state index in [9.17, 15) is 0 Å². The number of methoxy groups -OCH3 is 2. The number of hydrogen-bond donors (Lipinski definition) is 1. The second kappa shape index (κ2) is 5.75. The number of nitrogens with zero attached hydrogens (tertiary/aromatic N) is 2. The summed E-state index contributed by atoms with van der Waals surface area (Å²) in [6.07, 6.45) is 1.93. The zero-order valence-electron chi connectivity index (χ0n) is 11.7. The van der Waals surface area contributed by atoms with E-state index in [1.165, 1.54) is 0 Å². The van der Waals surface area contributed by atoms with Crippen molar-refractivity contribution in [3.63, 3.8) is 0 Å². The van der Waals surface area contributed by atoms with Crippen LogP contribution in [0.2, 0.25) is 0 Å². The van der Waals surface area contributed by atoms with Gasteiger partial charge in [0.15, 0.2) is 0 Å². The fourth-order valence-corrected chi connectivity index (χ4v) is 2.11. The van der Waals surface area contributed by atoms with E-state index in [-0.39, 0.29) is 6.04 Å². The zero-order valence-corrected chi connectivity index (χ0v) is 11.7. The number of aryl methyl sites for hydroxylation is 1. The van der Waals surface area contributed by atoms with Crippen LogP contribution < -0.4 is 14.8 Å². The van der Waals surface area contributed by atoms with Crippen molar-refractivity contribution in [2.75, 3.05) is 21.3 Å². The third-order valence-corrected chi connectivity index (χ3v) is 3.07. The first-order valence-electron chi connectivity index (χ1n) is 6.08. The van der Waals surface area contributed by atoms with Crippen LogP contribution in [0.3, 0.4) is 0 Å². The van der Waals surface area contributed by atoms with E-state index in [2.05, 4.69) is 10.4 Å². The van der Waals surface area contributed by atoms with Crippen molar-refractivity contribution in [2.45, 2.75) is 6.04 Å². The SMILES string of the molecule is CNC(c1ccn(C)n1)c1ccc(OC)cc1OC. The molecule has 0 saturated carbocycles. The summed E-state index contributed by atoms with van der Waals surface area (Å²) in [5, 5.41) is 7.71. The maximum absolute atomic E-state index is 5.44. The second-order valence-electron chi connectivity index (χ2n) is 4.24. The van der Waals surface area contributed by atoms with Gasteiger partial charge in [-0.25, -0.2) is 0 Å². The highest BCUT2D eigenvalue weighted by Crippen LogP contribution is 2.32. The summed E-state index contributed by atoms with van der Waals surface area (Å²) in [4.78, 5) is 0. The van der Waals surface area contributed by atoms with Crippen LogP contribution >= 0.6 is 0 Å². The van der Waals surface area contributed by atoms with Gasteiger partial charge in [0.1, 0.15) is 11.5 Å². The minimum absolute atomic E-state index is 0.0120. The van der Waals surface area contributed by atoms with Gasteiger partial charge >= 0.3 is 0 Å². The van der Waals surface area contributed by atoms with Crippen LogP contribution in [0.15, 0.2) is 30.5 Å². The number of rotatable bonds is 5. The molecule has 102 valence electrons. The molecule has 1 aromatic carbocycles. The van der Waals surface area contributed by atoms with E-state index >= 15 is 0 Å². The molecular weight excluding hydrogens is 242 g/mol. The van der Waals surface area contributed by atoms with E-state index in [4.69, 9.17) is 9.47 Å². The molecule has 0 aliphatic heterocycles. The van der Waals surface area contributed by atoms with Crippen LogP contribution in [0.4, 0.5) is 0 Å². The summed E-state index contributed by atoms with van der Waals surface area (Å²) in [7, 11) is 7.11. The van der Waals surface area contributed by atoms with Crippen LogP contribution in [0.25, 0.3) is 0 Å². The molecule has 0 bridgehead atoms. The maximum Gasteiger partial charge on any atom is 0.127 e. The molecule has 5 nitrogen and oxygen atoms in total. The standard InChI is InChI=1S/C14H19N3O2/c1-15-14(12-7-8-17(2)16-12)11-6-5-10(18-3)9-13(11)19-4/h5-9,14-15H,1-4H3. The lowest BCUT2D eigenvalue weighted by atomic mass is 10.0. The van der Waals surface area contributed by atoms with Crippen molar-refractivity contribution in [1.29, 1.82) is 0 Å². The number of nitrogens with one attached hydrogen (secondary N) is 1. The Bertz CT molecular complexity index is 551. The normalized spacial score (nSPS) is 12.2. The number of hydrogen-bond acceptors (Lipinski definition) is 4. The van der Waals surface area contributed by atoms with E-state index in [1.54, 1.807) is 18.9 Å². The van der Waals surface area contributed by atoms with Gasteiger partial charge < -0.3 is 14.8 Å². The van der Waals surface area contributed by atoms with Crippen LogP contribution in [-0.2, 0) is 7.05 Å². The van der Waals surface area contributed by atoms with Gasteiger partial charge in [-0.2, -0.15) is 5.10 Å². The Kier molecular flexibility index (Phi) is 4.06. The Balaban J connectivity index is 2.43. The Morgan fingerprint density at radius 2 is 2.00 bits per heavy atom. The molecule has 0 amide bonds. The number of benzene rings is 1. The topological polar surface area (TPSA) is 48.3 Å². The maximum atomic E-state index is 5.44. The molecule has 1 atom stereocenters. The van der Waals surface area contributed by atoms with Gasteiger partial charge in [0.2, 0.25) is 0 Å². The number of aromatic nitrogens is 2. The van der Waals surface area contributed by atoms with Gasteiger partial charge in [0.25, 0.3) is 0 Å². The quantitative estimate of drug-likeness (QED) is 0.890. The van der Waals surface area contributed by atoms with Crippen LogP contribution in [0, 0.1) is 0 Å². The molecule has 5 heteroatoms. The van der Waals surface area contributed by atoms with Crippen molar-refractivity contribution in [3.8, 4) is 11.5 Å². The summed E-state index contributed by atoms with van der Waals surface area (Å²) in [5.41, 5.74) is 1.98. The fourth-order valence-electron chi connectivity index (χ4n) is 2.11. The molecule has 1 aromatic heterocycles. The first-order chi connectivity index (χ1) is 9.19. The zero-order chi connectivity index (χ0) is 13.8. The third kappa shape index (κ3) is 2.71. The first kappa shape index (κ1) is 13.4. The molecule has 2 aromatic rings. The van der Waals surface area contributed by atoms with Gasteiger partial charge in [0.05, 0.1) is 26.0 Å². The molecule has 2 rings (SSSR count). The molecular formula is C14H19N3O2. The molecule has 1 unspecified atom stereocenters. The lowest BCUT2D eigenvalue weighted by Gasteiger charge is -2.18. The Morgan fingerprint density at radius 1 is 1.21 bits per heavy atom. The summed E-state index contributed by atoms with van der Waals surface area (Å²) < 4.78 is 12.4. The molecule has 0 spiro atoms. The molecule has 19 heavy (non-hydrogen) atoms. The fraction of sp³-hybridized carbons (Fsp3) is 0.357. The van der Waals surface area contributed by atoms with Gasteiger partial charge in [-0.1, -0.05) is 0 Å². The largest absolute Gasteiger partial charge is 0.497 e. The van der Waals surface area contributed by atoms with Gasteiger partial charge in [0, 0.05) is 24.9 Å². The average molecular weight is 261 g/mol. The highest BCUT2D eigenvalue weighted by Gasteiger charge is 2.19. The van der Waals surface area contributed by atoms with E-state index < -0.39 is 0 Å². The molecule has 0 aliphatic carbocycles. The van der Waals surface area contributed by atoms with Crippen molar-refractivity contribution >= 4 is 0 Å². The van der Waals surface area contributed by atoms with E-state index in [0.717, 1.165) is 22.8 Å². The number of ether oxygens (including phenoxy) is 2. The Hall–Kier alpha value is -2.01. The predicted molar refractivity (Wildman–Crippen MR) is 73.7 cm³/mol. The summed E-state index contributed by atoms with van der Waals surface area (Å²) in [6.45, 7) is 0. The lowest BCUT2D eigenvalue weighted by molar-refractivity contribution is 0.388. The molecule has 0 fully saturated rings. The molecule has 1 heterocycles. The highest BCUT2D eigenvalue weighted by atomic mass is 16.5. The monoisotopic (exact) mass is 261 g/mol. The van der Waals surface area contributed by atoms with Crippen molar-refractivity contribution in [2.24, 2.45) is 7.05 Å². The van der Waals surface area contributed by atoms with Crippen LogP contribution in [-0.4, -0.2) is 31.0 Å². The lowest BCUT2D eigenvalue weighted by Crippen LogP contribution is -2.19. The first-order valence-corrected chi connectivity index (χ1v) is 6.08. The second-order valence-corrected chi connectivity index (χ2v) is 4.24. The third-order valence-electron chi connectivity index (χ3n) is 3.07. The van der Waals surface area contributed by atoms with E-state index in [1.807, 2.05) is 44.6 Å². The van der Waals surface area contributed by atoms with Gasteiger partial charge in [-0.3, -0.25) is 4.68 Å². The van der Waals surface area contributed by atoms with Crippen LogP contribution in [0.5, 0.6) is 11.5 Å². The summed E-state index contributed by atoms with van der Waals surface area (Å²) >= 11 is 0. The molecule has 0 saturated heterocycles. The Labute approximate surface area is 113 Å².